The molecule has 38 heavy (non-hydrogen) atoms. The van der Waals surface area contributed by atoms with Crippen molar-refractivity contribution in [2.45, 2.75) is 19.6 Å². The molecule has 0 aliphatic carbocycles. The maximum Gasteiger partial charge on any atom is 0.216 e. The second-order valence-corrected chi connectivity index (χ2v) is 9.46. The highest BCUT2D eigenvalue weighted by Gasteiger charge is 2.23. The summed E-state index contributed by atoms with van der Waals surface area (Å²) in [6.45, 7) is 3.41. The van der Waals surface area contributed by atoms with E-state index in [2.05, 4.69) is 17.0 Å². The normalized spacial score (nSPS) is 14.3. The van der Waals surface area contributed by atoms with Crippen LogP contribution in [0, 0.1) is 0 Å². The predicted molar refractivity (Wildman–Crippen MR) is 145 cm³/mol. The molecule has 3 aromatic carbocycles. The average molecular weight is 511 g/mol. The number of benzene rings is 3. The van der Waals surface area contributed by atoms with E-state index < -0.39 is 0 Å². The summed E-state index contributed by atoms with van der Waals surface area (Å²) in [6, 6.07) is 24.0. The summed E-state index contributed by atoms with van der Waals surface area (Å²) < 4.78 is 23.5. The monoisotopic (exact) mass is 510 g/mol. The van der Waals surface area contributed by atoms with E-state index in [1.54, 1.807) is 7.11 Å². The van der Waals surface area contributed by atoms with Crippen molar-refractivity contribution in [3.8, 4) is 34.4 Å². The number of rotatable bonds is 7. The molecule has 7 nitrogen and oxygen atoms in total. The topological polar surface area (TPSA) is 73.3 Å². The number of fused-ring (bicyclic) bond motifs is 2. The second-order valence-electron chi connectivity index (χ2n) is 9.46. The minimum atomic E-state index is 0.0116. The Balaban J connectivity index is 1.35. The maximum atomic E-state index is 9.55. The van der Waals surface area contributed by atoms with Gasteiger partial charge in [0.25, 0.3) is 0 Å². The smallest absolute Gasteiger partial charge is 0.216 e. The van der Waals surface area contributed by atoms with Crippen LogP contribution in [0.2, 0.25) is 0 Å². The van der Waals surface area contributed by atoms with Crippen molar-refractivity contribution in [2.75, 3.05) is 38.3 Å². The zero-order valence-corrected chi connectivity index (χ0v) is 21.4. The Bertz CT molecular complexity index is 1430. The molecule has 0 amide bonds. The first-order chi connectivity index (χ1) is 18.7. The Morgan fingerprint density at radius 3 is 2.53 bits per heavy atom. The van der Waals surface area contributed by atoms with Gasteiger partial charge < -0.3 is 29.0 Å². The number of aliphatic hydroxyl groups excluding tert-OH is 1. The predicted octanol–water partition coefficient (Wildman–Crippen LogP) is 5.36. The summed E-state index contributed by atoms with van der Waals surface area (Å²) in [6.07, 6.45) is 0.732. The second kappa shape index (κ2) is 10.7. The number of hydrogen-bond donors (Lipinski definition) is 1. The first kappa shape index (κ1) is 24.3. The molecule has 7 heteroatoms. The number of nitrogens with zero attached hydrogens (tertiary/aromatic N) is 2. The summed E-state index contributed by atoms with van der Waals surface area (Å²) in [4.78, 5) is 7.22. The van der Waals surface area contributed by atoms with E-state index in [9.17, 15) is 5.11 Å². The molecule has 0 spiro atoms. The third kappa shape index (κ3) is 5.03. The SMILES string of the molecule is COc1ccc(COc2cc(N3CCOCC3)cc(-c3cccc4c3Oc3ccc(CO)cc3C4)n2)cc1. The van der Waals surface area contributed by atoms with Gasteiger partial charge in [-0.3, -0.25) is 0 Å². The van der Waals surface area contributed by atoms with E-state index in [1.165, 1.54) is 0 Å². The number of aromatic nitrogens is 1. The van der Waals surface area contributed by atoms with E-state index in [0.29, 0.717) is 25.7 Å². The Labute approximate surface area is 222 Å². The standard InChI is InChI=1S/C31H30N2O5/c1-35-26-8-5-21(6-9-26)20-37-30-18-25(33-11-13-36-14-12-33)17-28(32-30)27-4-2-3-23-16-24-15-22(19-34)7-10-29(24)38-31(23)27/h2-10,15,17-18,34H,11-14,16,19-20H2,1H3. The first-order valence-electron chi connectivity index (χ1n) is 12.8. The summed E-state index contributed by atoms with van der Waals surface area (Å²) in [5.74, 6) is 2.99. The first-order valence-corrected chi connectivity index (χ1v) is 12.8. The molecule has 1 saturated heterocycles. The molecule has 0 unspecified atom stereocenters. The van der Waals surface area contributed by atoms with Crippen molar-refractivity contribution in [3.63, 3.8) is 0 Å². The van der Waals surface area contributed by atoms with Crippen LogP contribution in [0.5, 0.6) is 23.1 Å². The highest BCUT2D eigenvalue weighted by Crippen LogP contribution is 2.43. The number of methoxy groups -OCH3 is 1. The molecular formula is C31H30N2O5. The molecule has 0 bridgehead atoms. The lowest BCUT2D eigenvalue weighted by Gasteiger charge is -2.29. The Kier molecular flexibility index (Phi) is 6.86. The van der Waals surface area contributed by atoms with Crippen LogP contribution < -0.4 is 19.1 Å². The lowest BCUT2D eigenvalue weighted by Crippen LogP contribution is -2.36. The largest absolute Gasteiger partial charge is 0.497 e. The summed E-state index contributed by atoms with van der Waals surface area (Å²) >= 11 is 0. The number of morpholine rings is 1. The van der Waals surface area contributed by atoms with E-state index in [1.807, 2.05) is 60.7 Å². The molecule has 4 aromatic rings. The number of aliphatic hydroxyl groups is 1. The van der Waals surface area contributed by atoms with Gasteiger partial charge in [0, 0.05) is 36.8 Å². The molecule has 1 fully saturated rings. The van der Waals surface area contributed by atoms with Crippen molar-refractivity contribution < 1.29 is 24.1 Å². The molecule has 6 rings (SSSR count). The zero-order valence-electron chi connectivity index (χ0n) is 21.4. The van der Waals surface area contributed by atoms with E-state index in [-0.39, 0.29) is 6.61 Å². The van der Waals surface area contributed by atoms with E-state index in [0.717, 1.165) is 76.0 Å². The van der Waals surface area contributed by atoms with Crippen molar-refractivity contribution in [1.29, 1.82) is 0 Å². The van der Waals surface area contributed by atoms with Crippen LogP contribution in [0.15, 0.2) is 72.8 Å². The number of ether oxygens (including phenoxy) is 4. The molecule has 194 valence electrons. The molecule has 1 aromatic heterocycles. The number of hydrogen-bond acceptors (Lipinski definition) is 7. The zero-order chi connectivity index (χ0) is 25.9. The maximum absolute atomic E-state index is 9.55. The van der Waals surface area contributed by atoms with Crippen LogP contribution in [0.4, 0.5) is 5.69 Å². The van der Waals surface area contributed by atoms with Gasteiger partial charge in [-0.1, -0.05) is 30.3 Å². The Morgan fingerprint density at radius 1 is 0.921 bits per heavy atom. The fourth-order valence-corrected chi connectivity index (χ4v) is 4.92. The van der Waals surface area contributed by atoms with Crippen LogP contribution in [0.25, 0.3) is 11.3 Å². The van der Waals surface area contributed by atoms with Crippen molar-refractivity contribution >= 4 is 5.69 Å². The van der Waals surface area contributed by atoms with Crippen LogP contribution in [-0.2, 0) is 24.4 Å². The molecule has 0 atom stereocenters. The summed E-state index contributed by atoms with van der Waals surface area (Å²) in [7, 11) is 1.66. The van der Waals surface area contributed by atoms with Crippen molar-refractivity contribution in [2.24, 2.45) is 0 Å². The Morgan fingerprint density at radius 2 is 1.74 bits per heavy atom. The van der Waals surface area contributed by atoms with Crippen LogP contribution in [0.3, 0.4) is 0 Å². The molecule has 0 saturated carbocycles. The van der Waals surface area contributed by atoms with Gasteiger partial charge in [0.05, 0.1) is 32.6 Å². The van der Waals surface area contributed by atoms with Gasteiger partial charge in [-0.15, -0.1) is 0 Å². The quantitative estimate of drug-likeness (QED) is 0.316. The van der Waals surface area contributed by atoms with Gasteiger partial charge in [-0.05, 0) is 58.7 Å². The minimum absolute atomic E-state index is 0.0116. The molecule has 3 heterocycles. The fraction of sp³-hybridized carbons (Fsp3) is 0.258. The van der Waals surface area contributed by atoms with Crippen LogP contribution in [0.1, 0.15) is 22.3 Å². The molecule has 1 N–H and O–H groups in total. The summed E-state index contributed by atoms with van der Waals surface area (Å²) in [5.41, 5.74) is 6.83. The fourth-order valence-electron chi connectivity index (χ4n) is 4.92. The lowest BCUT2D eigenvalue weighted by atomic mass is 9.95. The molecule has 2 aliphatic heterocycles. The third-order valence-corrected chi connectivity index (χ3v) is 6.98. The van der Waals surface area contributed by atoms with Gasteiger partial charge in [0.2, 0.25) is 5.88 Å². The van der Waals surface area contributed by atoms with Gasteiger partial charge in [0.15, 0.2) is 0 Å². The molecule has 2 aliphatic rings. The Hall–Kier alpha value is -4.07. The van der Waals surface area contributed by atoms with Crippen molar-refractivity contribution in [1.82, 2.24) is 4.98 Å². The highest BCUT2D eigenvalue weighted by atomic mass is 16.5. The summed E-state index contributed by atoms with van der Waals surface area (Å²) in [5, 5.41) is 9.55. The minimum Gasteiger partial charge on any atom is -0.497 e. The highest BCUT2D eigenvalue weighted by molar-refractivity contribution is 5.75. The third-order valence-electron chi connectivity index (χ3n) is 6.98. The van der Waals surface area contributed by atoms with Gasteiger partial charge in [0.1, 0.15) is 23.9 Å². The number of para-hydroxylation sites is 1. The van der Waals surface area contributed by atoms with Crippen LogP contribution >= 0.6 is 0 Å². The van der Waals surface area contributed by atoms with Crippen LogP contribution in [-0.4, -0.2) is 43.5 Å². The average Bonchev–Trinajstić information content (AvgIpc) is 2.99. The van der Waals surface area contributed by atoms with Gasteiger partial charge >= 0.3 is 0 Å². The lowest BCUT2D eigenvalue weighted by molar-refractivity contribution is 0.122. The molecular weight excluding hydrogens is 480 g/mol. The van der Waals surface area contributed by atoms with E-state index >= 15 is 0 Å². The van der Waals surface area contributed by atoms with Gasteiger partial charge in [-0.2, -0.15) is 0 Å². The number of anilines is 1. The van der Waals surface area contributed by atoms with Gasteiger partial charge in [-0.25, -0.2) is 4.98 Å². The van der Waals surface area contributed by atoms with E-state index in [4.69, 9.17) is 23.9 Å². The van der Waals surface area contributed by atoms with Crippen molar-refractivity contribution in [3.05, 3.63) is 95.1 Å². The number of pyridine rings is 1. The molecule has 0 radical (unpaired) electrons.